The average molecular weight is 326 g/mol. The lowest BCUT2D eigenvalue weighted by atomic mass is 9.48. The molecular weight excluding hydrogens is 300 g/mol. The predicted molar refractivity (Wildman–Crippen MR) is 80.4 cm³/mol. The molecule has 2 aliphatic carbocycles. The lowest BCUT2D eigenvalue weighted by Crippen LogP contribution is -2.66. The molecule has 2 saturated carbocycles. The van der Waals surface area contributed by atoms with E-state index < -0.39 is 29.7 Å². The van der Waals surface area contributed by atoms with Crippen molar-refractivity contribution in [2.24, 2.45) is 16.7 Å². The van der Waals surface area contributed by atoms with Gasteiger partial charge in [0.1, 0.15) is 0 Å². The van der Waals surface area contributed by atoms with E-state index >= 15 is 0 Å². The van der Waals surface area contributed by atoms with Gasteiger partial charge in [-0.25, -0.2) is 4.79 Å². The standard InChI is InChI=1S/C17H26O6/c1-10(18)23-13-11(19)12-15(2,3)6-5-7-16(12)8-17(13,22-9-16)14(20)21-4/h11-13,19H,5-9H2,1-4H3/t11-,12-,13+,16+,17+/m1/s1. The van der Waals surface area contributed by atoms with Gasteiger partial charge in [-0.05, 0) is 24.7 Å². The molecule has 6 heteroatoms. The number of aliphatic hydroxyl groups excluding tert-OH is 1. The maximum absolute atomic E-state index is 12.5. The first-order valence-electron chi connectivity index (χ1n) is 8.26. The minimum absolute atomic E-state index is 0.0756. The summed E-state index contributed by atoms with van der Waals surface area (Å²) in [5.41, 5.74) is -1.75. The highest BCUT2D eigenvalue weighted by molar-refractivity contribution is 5.82. The molecule has 0 radical (unpaired) electrons. The highest BCUT2D eigenvalue weighted by Crippen LogP contribution is 2.64. The molecule has 0 unspecified atom stereocenters. The molecule has 0 aromatic rings. The number of hydrogen-bond donors (Lipinski definition) is 1. The monoisotopic (exact) mass is 326 g/mol. The molecule has 6 nitrogen and oxygen atoms in total. The molecule has 1 spiro atoms. The molecule has 2 bridgehead atoms. The quantitative estimate of drug-likeness (QED) is 0.773. The molecule has 1 aliphatic heterocycles. The maximum Gasteiger partial charge on any atom is 0.342 e. The second-order valence-corrected chi connectivity index (χ2v) is 8.05. The molecule has 1 N–H and O–H groups in total. The SMILES string of the molecule is COC(=O)[C@]12C[C@@]3(CCCC(C)(C)[C@H]3[C@@H](O)[C@@H]1OC(C)=O)CO2. The van der Waals surface area contributed by atoms with Gasteiger partial charge >= 0.3 is 11.9 Å². The second-order valence-electron chi connectivity index (χ2n) is 8.05. The zero-order valence-corrected chi connectivity index (χ0v) is 14.3. The van der Waals surface area contributed by atoms with Crippen LogP contribution in [0.15, 0.2) is 0 Å². The Labute approximate surface area is 136 Å². The summed E-state index contributed by atoms with van der Waals surface area (Å²) in [6.07, 6.45) is 1.42. The summed E-state index contributed by atoms with van der Waals surface area (Å²) < 4.78 is 16.3. The smallest absolute Gasteiger partial charge is 0.342 e. The van der Waals surface area contributed by atoms with Crippen LogP contribution in [0, 0.1) is 16.7 Å². The van der Waals surface area contributed by atoms with E-state index in [1.165, 1.54) is 14.0 Å². The summed E-state index contributed by atoms with van der Waals surface area (Å²) in [4.78, 5) is 24.0. The number of ether oxygens (including phenoxy) is 3. The number of carbonyl (C=O) groups excluding carboxylic acids is 2. The molecule has 5 atom stereocenters. The van der Waals surface area contributed by atoms with E-state index in [-0.39, 0.29) is 16.7 Å². The molecule has 23 heavy (non-hydrogen) atoms. The van der Waals surface area contributed by atoms with Crippen molar-refractivity contribution in [1.82, 2.24) is 0 Å². The summed E-state index contributed by atoms with van der Waals surface area (Å²) in [5, 5.41) is 11.1. The number of aliphatic hydroxyl groups is 1. The normalized spacial score (nSPS) is 44.3. The van der Waals surface area contributed by atoms with Crippen LogP contribution in [0.4, 0.5) is 0 Å². The lowest BCUT2D eigenvalue weighted by Gasteiger charge is -2.56. The van der Waals surface area contributed by atoms with Crippen LogP contribution in [0.3, 0.4) is 0 Å². The molecule has 0 aromatic heterocycles. The van der Waals surface area contributed by atoms with Crippen LogP contribution >= 0.6 is 0 Å². The van der Waals surface area contributed by atoms with Gasteiger partial charge in [0.25, 0.3) is 0 Å². The van der Waals surface area contributed by atoms with E-state index in [9.17, 15) is 14.7 Å². The maximum atomic E-state index is 12.5. The predicted octanol–water partition coefficient (Wildman–Crippen LogP) is 1.44. The van der Waals surface area contributed by atoms with Crippen LogP contribution in [0.2, 0.25) is 0 Å². The highest BCUT2D eigenvalue weighted by atomic mass is 16.6. The van der Waals surface area contributed by atoms with Crippen LogP contribution in [-0.4, -0.2) is 48.6 Å². The molecule has 0 aromatic carbocycles. The van der Waals surface area contributed by atoms with Crippen molar-refractivity contribution < 1.29 is 28.9 Å². The van der Waals surface area contributed by atoms with E-state index in [4.69, 9.17) is 14.2 Å². The van der Waals surface area contributed by atoms with Crippen LogP contribution in [0.1, 0.15) is 46.5 Å². The van der Waals surface area contributed by atoms with Gasteiger partial charge in [-0.1, -0.05) is 20.3 Å². The van der Waals surface area contributed by atoms with Crippen molar-refractivity contribution in [3.8, 4) is 0 Å². The number of hydrogen-bond acceptors (Lipinski definition) is 6. The van der Waals surface area contributed by atoms with Gasteiger partial charge in [-0.15, -0.1) is 0 Å². The van der Waals surface area contributed by atoms with E-state index in [0.29, 0.717) is 13.0 Å². The zero-order chi connectivity index (χ0) is 17.0. The third-order valence-electron chi connectivity index (χ3n) is 6.16. The van der Waals surface area contributed by atoms with Crippen LogP contribution < -0.4 is 0 Å². The van der Waals surface area contributed by atoms with E-state index in [1.807, 2.05) is 0 Å². The van der Waals surface area contributed by atoms with E-state index in [0.717, 1.165) is 19.3 Å². The first kappa shape index (κ1) is 16.7. The van der Waals surface area contributed by atoms with Crippen LogP contribution in [-0.2, 0) is 23.8 Å². The third kappa shape index (κ3) is 2.22. The van der Waals surface area contributed by atoms with Gasteiger partial charge in [-0.3, -0.25) is 4.79 Å². The van der Waals surface area contributed by atoms with Gasteiger partial charge < -0.3 is 19.3 Å². The fourth-order valence-electron chi connectivity index (χ4n) is 5.52. The summed E-state index contributed by atoms with van der Waals surface area (Å²) in [5.74, 6) is -1.18. The van der Waals surface area contributed by atoms with E-state index in [2.05, 4.69) is 13.8 Å². The Balaban J connectivity index is 2.08. The molecule has 3 rings (SSSR count). The first-order chi connectivity index (χ1) is 10.7. The average Bonchev–Trinajstić information content (AvgIpc) is 2.79. The molecule has 3 fully saturated rings. The Hall–Kier alpha value is -1.14. The van der Waals surface area contributed by atoms with Crippen LogP contribution in [0.25, 0.3) is 0 Å². The topological polar surface area (TPSA) is 82.1 Å². The lowest BCUT2D eigenvalue weighted by molar-refractivity contribution is -0.219. The summed E-state index contributed by atoms with van der Waals surface area (Å²) in [7, 11) is 1.29. The van der Waals surface area contributed by atoms with Crippen molar-refractivity contribution in [1.29, 1.82) is 0 Å². The van der Waals surface area contributed by atoms with Gasteiger partial charge in [0.15, 0.2) is 6.10 Å². The largest absolute Gasteiger partial charge is 0.467 e. The van der Waals surface area contributed by atoms with Crippen molar-refractivity contribution in [3.05, 3.63) is 0 Å². The van der Waals surface area contributed by atoms with Gasteiger partial charge in [-0.2, -0.15) is 0 Å². The number of carbonyl (C=O) groups is 2. The zero-order valence-electron chi connectivity index (χ0n) is 14.3. The van der Waals surface area contributed by atoms with Gasteiger partial charge in [0.05, 0.1) is 19.8 Å². The Morgan fingerprint density at radius 1 is 1.26 bits per heavy atom. The van der Waals surface area contributed by atoms with Crippen molar-refractivity contribution in [3.63, 3.8) is 0 Å². The van der Waals surface area contributed by atoms with Crippen LogP contribution in [0.5, 0.6) is 0 Å². The summed E-state index contributed by atoms with van der Waals surface area (Å²) >= 11 is 0. The number of esters is 2. The van der Waals surface area contributed by atoms with E-state index in [1.54, 1.807) is 0 Å². The number of fused-ring (bicyclic) bond motifs is 1. The minimum Gasteiger partial charge on any atom is -0.467 e. The Bertz CT molecular complexity index is 529. The molecule has 3 aliphatic rings. The Morgan fingerprint density at radius 2 is 1.96 bits per heavy atom. The highest BCUT2D eigenvalue weighted by Gasteiger charge is 2.72. The summed E-state index contributed by atoms with van der Waals surface area (Å²) in [6, 6.07) is 0. The van der Waals surface area contributed by atoms with Crippen molar-refractivity contribution in [2.45, 2.75) is 64.3 Å². The summed E-state index contributed by atoms with van der Waals surface area (Å²) in [6.45, 7) is 5.94. The van der Waals surface area contributed by atoms with Crippen molar-refractivity contribution in [2.75, 3.05) is 13.7 Å². The molecular formula is C17H26O6. The minimum atomic E-state index is -1.39. The molecule has 1 saturated heterocycles. The fraction of sp³-hybridized carbons (Fsp3) is 0.882. The Morgan fingerprint density at radius 3 is 2.57 bits per heavy atom. The number of methoxy groups -OCH3 is 1. The first-order valence-corrected chi connectivity index (χ1v) is 8.26. The second kappa shape index (κ2) is 5.18. The Kier molecular flexibility index (Phi) is 3.76. The molecule has 1 heterocycles. The molecule has 130 valence electrons. The van der Waals surface area contributed by atoms with Gasteiger partial charge in [0, 0.05) is 18.3 Å². The number of rotatable bonds is 2. The van der Waals surface area contributed by atoms with Gasteiger partial charge in [0.2, 0.25) is 5.60 Å². The molecule has 0 amide bonds. The third-order valence-corrected chi connectivity index (χ3v) is 6.16. The fourth-order valence-corrected chi connectivity index (χ4v) is 5.52. The van der Waals surface area contributed by atoms with Crippen molar-refractivity contribution >= 4 is 11.9 Å².